The average Bonchev–Trinajstić information content (AvgIpc) is 2.92. The first kappa shape index (κ1) is 12.9. The van der Waals surface area contributed by atoms with Crippen LogP contribution in [-0.4, -0.2) is 4.98 Å². The van der Waals surface area contributed by atoms with Gasteiger partial charge in [-0.15, -0.1) is 11.3 Å². The molecule has 0 saturated heterocycles. The predicted molar refractivity (Wildman–Crippen MR) is 76.7 cm³/mol. The van der Waals surface area contributed by atoms with E-state index in [0.717, 1.165) is 22.3 Å². The topological polar surface area (TPSA) is 12.9 Å². The molecule has 100 valence electrons. The molecule has 1 aromatic heterocycles. The van der Waals surface area contributed by atoms with Crippen LogP contribution in [-0.2, 0) is 6.42 Å². The summed E-state index contributed by atoms with van der Waals surface area (Å²) in [7, 11) is 0. The minimum absolute atomic E-state index is 0.379. The fourth-order valence-corrected chi connectivity index (χ4v) is 2.79. The Morgan fingerprint density at radius 3 is 2.55 bits per heavy atom. The summed E-state index contributed by atoms with van der Waals surface area (Å²) >= 11 is 1.48. The van der Waals surface area contributed by atoms with Crippen LogP contribution in [0, 0.1) is 11.6 Å². The Balaban J connectivity index is 1.84. The SMILES string of the molecule is Fc1ccc(Cc2nc(-c3ccccc3)cs2)c(F)c1. The molecule has 3 rings (SSSR count). The molecule has 2 aromatic carbocycles. The second-order valence-corrected chi connectivity index (χ2v) is 5.35. The lowest BCUT2D eigenvalue weighted by atomic mass is 10.1. The maximum Gasteiger partial charge on any atom is 0.129 e. The van der Waals surface area contributed by atoms with Crippen LogP contribution in [0.4, 0.5) is 8.78 Å². The number of hydrogen-bond donors (Lipinski definition) is 0. The molecule has 0 N–H and O–H groups in total. The summed E-state index contributed by atoms with van der Waals surface area (Å²) < 4.78 is 26.5. The van der Waals surface area contributed by atoms with Gasteiger partial charge in [0.15, 0.2) is 0 Å². The molecule has 1 heterocycles. The van der Waals surface area contributed by atoms with Gasteiger partial charge in [0.2, 0.25) is 0 Å². The molecule has 0 aliphatic carbocycles. The van der Waals surface area contributed by atoms with Gasteiger partial charge in [-0.25, -0.2) is 13.8 Å². The minimum atomic E-state index is -0.560. The molecular formula is C16H11F2NS. The van der Waals surface area contributed by atoms with E-state index in [0.29, 0.717) is 12.0 Å². The third-order valence-corrected chi connectivity index (χ3v) is 3.83. The van der Waals surface area contributed by atoms with E-state index in [9.17, 15) is 8.78 Å². The second-order valence-electron chi connectivity index (χ2n) is 4.41. The van der Waals surface area contributed by atoms with Gasteiger partial charge < -0.3 is 0 Å². The third-order valence-electron chi connectivity index (χ3n) is 2.98. The molecule has 3 aromatic rings. The van der Waals surface area contributed by atoms with Gasteiger partial charge in [-0.2, -0.15) is 0 Å². The van der Waals surface area contributed by atoms with Crippen LogP contribution in [0.25, 0.3) is 11.3 Å². The maximum absolute atomic E-state index is 13.6. The standard InChI is InChI=1S/C16H11F2NS/c17-13-7-6-12(14(18)9-13)8-16-19-15(10-20-16)11-4-2-1-3-5-11/h1-7,9-10H,8H2. The minimum Gasteiger partial charge on any atom is -0.241 e. The normalized spacial score (nSPS) is 10.7. The Hall–Kier alpha value is -2.07. The Morgan fingerprint density at radius 1 is 1.00 bits per heavy atom. The molecule has 0 unspecified atom stereocenters. The van der Waals surface area contributed by atoms with E-state index in [1.54, 1.807) is 0 Å². The molecule has 0 saturated carbocycles. The number of halogens is 2. The summed E-state index contributed by atoms with van der Waals surface area (Å²) in [6, 6.07) is 13.5. The smallest absolute Gasteiger partial charge is 0.129 e. The van der Waals surface area contributed by atoms with E-state index < -0.39 is 11.6 Å². The average molecular weight is 287 g/mol. The van der Waals surface area contributed by atoms with Gasteiger partial charge >= 0.3 is 0 Å². The van der Waals surface area contributed by atoms with Gasteiger partial charge in [0.25, 0.3) is 0 Å². The quantitative estimate of drug-likeness (QED) is 0.681. The maximum atomic E-state index is 13.6. The lowest BCUT2D eigenvalue weighted by Crippen LogP contribution is -1.93. The number of benzene rings is 2. The van der Waals surface area contributed by atoms with Gasteiger partial charge in [-0.3, -0.25) is 0 Å². The number of rotatable bonds is 3. The fraction of sp³-hybridized carbons (Fsp3) is 0.0625. The summed E-state index contributed by atoms with van der Waals surface area (Å²) in [5.74, 6) is -1.09. The van der Waals surface area contributed by atoms with Crippen molar-refractivity contribution in [1.82, 2.24) is 4.98 Å². The zero-order valence-corrected chi connectivity index (χ0v) is 11.3. The van der Waals surface area contributed by atoms with E-state index in [2.05, 4.69) is 4.98 Å². The Bertz CT molecular complexity index is 722. The zero-order valence-electron chi connectivity index (χ0n) is 10.5. The molecule has 0 radical (unpaired) electrons. The summed E-state index contributed by atoms with van der Waals surface area (Å²) in [6.07, 6.45) is 0.379. The summed E-state index contributed by atoms with van der Waals surface area (Å²) in [6.45, 7) is 0. The van der Waals surface area contributed by atoms with Crippen LogP contribution in [0.1, 0.15) is 10.6 Å². The molecule has 0 aliphatic rings. The monoisotopic (exact) mass is 287 g/mol. The zero-order chi connectivity index (χ0) is 13.9. The number of nitrogens with zero attached hydrogens (tertiary/aromatic N) is 1. The van der Waals surface area contributed by atoms with Crippen molar-refractivity contribution in [2.75, 3.05) is 0 Å². The number of hydrogen-bond acceptors (Lipinski definition) is 2. The van der Waals surface area contributed by atoms with Gasteiger partial charge in [0, 0.05) is 23.4 Å². The van der Waals surface area contributed by atoms with Crippen LogP contribution >= 0.6 is 11.3 Å². The Kier molecular flexibility index (Phi) is 3.56. The molecule has 0 fully saturated rings. The molecule has 0 bridgehead atoms. The van der Waals surface area contributed by atoms with Crippen molar-refractivity contribution in [3.8, 4) is 11.3 Å². The van der Waals surface area contributed by atoms with Gasteiger partial charge in [-0.05, 0) is 11.6 Å². The van der Waals surface area contributed by atoms with E-state index in [1.807, 2.05) is 35.7 Å². The van der Waals surface area contributed by atoms with Gasteiger partial charge in [-0.1, -0.05) is 36.4 Å². The lowest BCUT2D eigenvalue weighted by molar-refractivity contribution is 0.574. The molecule has 1 nitrogen and oxygen atoms in total. The molecule has 0 amide bonds. The fourth-order valence-electron chi connectivity index (χ4n) is 1.96. The van der Waals surface area contributed by atoms with E-state index in [-0.39, 0.29) is 0 Å². The van der Waals surface area contributed by atoms with Gasteiger partial charge in [0.05, 0.1) is 10.7 Å². The van der Waals surface area contributed by atoms with Crippen LogP contribution in [0.2, 0.25) is 0 Å². The van der Waals surface area contributed by atoms with Crippen molar-refractivity contribution in [3.05, 3.63) is 76.1 Å². The molecule has 0 spiro atoms. The Morgan fingerprint density at radius 2 is 1.80 bits per heavy atom. The van der Waals surface area contributed by atoms with E-state index in [4.69, 9.17) is 0 Å². The van der Waals surface area contributed by atoms with Crippen LogP contribution < -0.4 is 0 Å². The summed E-state index contributed by atoms with van der Waals surface area (Å²) in [5, 5.41) is 2.76. The highest BCUT2D eigenvalue weighted by Gasteiger charge is 2.09. The van der Waals surface area contributed by atoms with Gasteiger partial charge in [0.1, 0.15) is 11.6 Å². The first-order valence-corrected chi connectivity index (χ1v) is 7.04. The van der Waals surface area contributed by atoms with E-state index in [1.165, 1.54) is 23.5 Å². The third kappa shape index (κ3) is 2.75. The number of thiazole rings is 1. The van der Waals surface area contributed by atoms with Crippen LogP contribution in [0.5, 0.6) is 0 Å². The van der Waals surface area contributed by atoms with Crippen molar-refractivity contribution in [1.29, 1.82) is 0 Å². The van der Waals surface area contributed by atoms with Crippen molar-refractivity contribution in [2.45, 2.75) is 6.42 Å². The Labute approximate surface area is 119 Å². The predicted octanol–water partition coefficient (Wildman–Crippen LogP) is 4.68. The number of aromatic nitrogens is 1. The van der Waals surface area contributed by atoms with Crippen LogP contribution in [0.3, 0.4) is 0 Å². The molecule has 0 atom stereocenters. The van der Waals surface area contributed by atoms with E-state index >= 15 is 0 Å². The molecular weight excluding hydrogens is 276 g/mol. The largest absolute Gasteiger partial charge is 0.241 e. The highest BCUT2D eigenvalue weighted by atomic mass is 32.1. The van der Waals surface area contributed by atoms with Crippen molar-refractivity contribution < 1.29 is 8.78 Å². The van der Waals surface area contributed by atoms with Crippen molar-refractivity contribution in [3.63, 3.8) is 0 Å². The lowest BCUT2D eigenvalue weighted by Gasteiger charge is -2.00. The molecule has 20 heavy (non-hydrogen) atoms. The summed E-state index contributed by atoms with van der Waals surface area (Å²) in [4.78, 5) is 4.50. The highest BCUT2D eigenvalue weighted by Crippen LogP contribution is 2.24. The summed E-state index contributed by atoms with van der Waals surface area (Å²) in [5.41, 5.74) is 2.38. The molecule has 4 heteroatoms. The van der Waals surface area contributed by atoms with Crippen molar-refractivity contribution in [2.24, 2.45) is 0 Å². The second kappa shape index (κ2) is 5.51. The highest BCUT2D eigenvalue weighted by molar-refractivity contribution is 7.10. The first-order valence-electron chi connectivity index (χ1n) is 6.16. The first-order chi connectivity index (χ1) is 9.72. The molecule has 0 aliphatic heterocycles. The van der Waals surface area contributed by atoms with Crippen molar-refractivity contribution >= 4 is 11.3 Å². The van der Waals surface area contributed by atoms with Crippen LogP contribution in [0.15, 0.2) is 53.9 Å².